The van der Waals surface area contributed by atoms with E-state index in [4.69, 9.17) is 4.98 Å². The van der Waals surface area contributed by atoms with Crippen molar-refractivity contribution in [3.05, 3.63) is 10.8 Å². The quantitative estimate of drug-likeness (QED) is 0.701. The summed E-state index contributed by atoms with van der Waals surface area (Å²) in [4.78, 5) is 4.89. The van der Waals surface area contributed by atoms with Gasteiger partial charge in [0.2, 0.25) is 0 Å². The molecule has 0 spiro atoms. The molecule has 2 saturated carbocycles. The fraction of sp³-hybridized carbons (Fsp3) is 0.889. The monoisotopic (exact) mass is 306 g/mol. The van der Waals surface area contributed by atoms with E-state index in [0.29, 0.717) is 5.92 Å². The standard InChI is InChI=1S/C18H30N2S/c1-13(2)16-19-17(21-20-16)18(3)10-6-4-5-8-14-12-15(14)9-7-11-18/h13-15H,4-12H2,1-3H3. The van der Waals surface area contributed by atoms with E-state index in [-0.39, 0.29) is 5.41 Å². The van der Waals surface area contributed by atoms with E-state index in [2.05, 4.69) is 25.1 Å². The third kappa shape index (κ3) is 3.67. The molecule has 0 bridgehead atoms. The molecule has 118 valence electrons. The van der Waals surface area contributed by atoms with Crippen molar-refractivity contribution in [1.29, 1.82) is 0 Å². The van der Waals surface area contributed by atoms with Crippen molar-refractivity contribution >= 4 is 11.5 Å². The first kappa shape index (κ1) is 15.5. The van der Waals surface area contributed by atoms with Gasteiger partial charge in [-0.15, -0.1) is 0 Å². The lowest BCUT2D eigenvalue weighted by molar-refractivity contribution is 0.364. The SMILES string of the molecule is CC(C)c1nsc(C2(C)CCCCCC3CC3CCC2)n1. The van der Waals surface area contributed by atoms with Gasteiger partial charge in [0.1, 0.15) is 10.8 Å². The fourth-order valence-electron chi connectivity index (χ4n) is 3.92. The Kier molecular flexibility index (Phi) is 4.68. The lowest BCUT2D eigenvalue weighted by atomic mass is 9.80. The van der Waals surface area contributed by atoms with Crippen LogP contribution >= 0.6 is 11.5 Å². The molecule has 3 atom stereocenters. The van der Waals surface area contributed by atoms with Crippen LogP contribution in [0.3, 0.4) is 0 Å². The molecule has 0 radical (unpaired) electrons. The van der Waals surface area contributed by atoms with Gasteiger partial charge in [0.05, 0.1) is 0 Å². The average molecular weight is 307 g/mol. The zero-order valence-corrected chi connectivity index (χ0v) is 14.7. The molecule has 21 heavy (non-hydrogen) atoms. The van der Waals surface area contributed by atoms with Gasteiger partial charge in [-0.2, -0.15) is 4.37 Å². The summed E-state index contributed by atoms with van der Waals surface area (Å²) in [6, 6.07) is 0. The van der Waals surface area contributed by atoms with Gasteiger partial charge >= 0.3 is 0 Å². The highest BCUT2D eigenvalue weighted by molar-refractivity contribution is 7.05. The van der Waals surface area contributed by atoms with Crippen LogP contribution in [0.25, 0.3) is 0 Å². The Morgan fingerprint density at radius 3 is 2.48 bits per heavy atom. The number of hydrogen-bond donors (Lipinski definition) is 0. The second kappa shape index (κ2) is 6.36. The van der Waals surface area contributed by atoms with Crippen LogP contribution in [0.2, 0.25) is 0 Å². The van der Waals surface area contributed by atoms with Crippen LogP contribution in [0.5, 0.6) is 0 Å². The van der Waals surface area contributed by atoms with E-state index in [1.807, 2.05) is 0 Å². The first-order chi connectivity index (χ1) is 10.1. The van der Waals surface area contributed by atoms with Crippen LogP contribution in [0.1, 0.15) is 95.3 Å². The van der Waals surface area contributed by atoms with E-state index < -0.39 is 0 Å². The molecule has 0 amide bonds. The summed E-state index contributed by atoms with van der Waals surface area (Å²) >= 11 is 1.67. The summed E-state index contributed by atoms with van der Waals surface area (Å²) in [6.07, 6.45) is 12.7. The molecule has 3 rings (SSSR count). The molecule has 1 heterocycles. The second-order valence-corrected chi connectivity index (χ2v) is 8.67. The van der Waals surface area contributed by atoms with Gasteiger partial charge in [-0.3, -0.25) is 0 Å². The fourth-order valence-corrected chi connectivity index (χ4v) is 4.91. The first-order valence-electron chi connectivity index (χ1n) is 8.92. The molecular formula is C18H30N2S. The smallest absolute Gasteiger partial charge is 0.145 e. The van der Waals surface area contributed by atoms with Crippen molar-refractivity contribution in [2.45, 2.75) is 89.9 Å². The summed E-state index contributed by atoms with van der Waals surface area (Å²) in [7, 11) is 0. The van der Waals surface area contributed by atoms with Crippen molar-refractivity contribution < 1.29 is 0 Å². The number of hydrogen-bond acceptors (Lipinski definition) is 3. The topological polar surface area (TPSA) is 25.8 Å². The molecule has 3 unspecified atom stereocenters. The van der Waals surface area contributed by atoms with Crippen molar-refractivity contribution in [2.24, 2.45) is 11.8 Å². The zero-order chi connectivity index (χ0) is 14.9. The lowest BCUT2D eigenvalue weighted by Gasteiger charge is -2.27. The van der Waals surface area contributed by atoms with Crippen LogP contribution in [0.15, 0.2) is 0 Å². The Balaban J connectivity index is 1.71. The zero-order valence-electron chi connectivity index (χ0n) is 13.9. The summed E-state index contributed by atoms with van der Waals surface area (Å²) < 4.78 is 4.60. The highest BCUT2D eigenvalue weighted by atomic mass is 32.1. The van der Waals surface area contributed by atoms with Gasteiger partial charge in [-0.25, -0.2) is 4.98 Å². The van der Waals surface area contributed by atoms with E-state index in [9.17, 15) is 0 Å². The van der Waals surface area contributed by atoms with Gasteiger partial charge in [0.15, 0.2) is 0 Å². The number of rotatable bonds is 2. The Bertz CT molecular complexity index is 468. The Morgan fingerprint density at radius 2 is 1.76 bits per heavy atom. The Hall–Kier alpha value is -0.440. The van der Waals surface area contributed by atoms with Gasteiger partial charge in [0, 0.05) is 11.3 Å². The molecule has 0 aliphatic heterocycles. The molecule has 2 fully saturated rings. The highest BCUT2D eigenvalue weighted by Gasteiger charge is 2.37. The summed E-state index contributed by atoms with van der Waals surface area (Å²) in [5, 5.41) is 1.30. The van der Waals surface area contributed by atoms with E-state index in [0.717, 1.165) is 17.7 Å². The van der Waals surface area contributed by atoms with Crippen LogP contribution in [-0.4, -0.2) is 9.36 Å². The molecular weight excluding hydrogens is 276 g/mol. The molecule has 0 saturated heterocycles. The van der Waals surface area contributed by atoms with Crippen LogP contribution in [0, 0.1) is 11.8 Å². The third-order valence-electron chi connectivity index (χ3n) is 5.65. The number of aromatic nitrogens is 2. The third-order valence-corrected chi connectivity index (χ3v) is 6.69. The van der Waals surface area contributed by atoms with E-state index in [1.54, 1.807) is 11.5 Å². The van der Waals surface area contributed by atoms with E-state index >= 15 is 0 Å². The number of nitrogens with zero attached hydrogens (tertiary/aromatic N) is 2. The summed E-state index contributed by atoms with van der Waals surface area (Å²) in [6.45, 7) is 6.83. The average Bonchev–Trinajstić information content (AvgIpc) is 2.98. The van der Waals surface area contributed by atoms with E-state index in [1.165, 1.54) is 62.8 Å². The minimum absolute atomic E-state index is 0.277. The summed E-state index contributed by atoms with van der Waals surface area (Å²) in [5.74, 6) is 3.65. The predicted molar refractivity (Wildman–Crippen MR) is 89.9 cm³/mol. The Morgan fingerprint density at radius 1 is 1.05 bits per heavy atom. The van der Waals surface area contributed by atoms with Gasteiger partial charge < -0.3 is 0 Å². The molecule has 2 aliphatic carbocycles. The molecule has 2 aliphatic rings. The largest absolute Gasteiger partial charge is 0.224 e. The van der Waals surface area contributed by atoms with Crippen LogP contribution in [0.4, 0.5) is 0 Å². The minimum atomic E-state index is 0.277. The van der Waals surface area contributed by atoms with Crippen LogP contribution in [-0.2, 0) is 5.41 Å². The maximum absolute atomic E-state index is 4.89. The highest BCUT2D eigenvalue weighted by Crippen LogP contribution is 2.47. The number of fused-ring (bicyclic) bond motifs is 1. The normalized spacial score (nSPS) is 34.3. The second-order valence-electron chi connectivity index (χ2n) is 7.92. The molecule has 1 aromatic heterocycles. The van der Waals surface area contributed by atoms with Crippen molar-refractivity contribution in [3.63, 3.8) is 0 Å². The Labute approximate surface area is 133 Å². The molecule has 2 nitrogen and oxygen atoms in total. The van der Waals surface area contributed by atoms with Gasteiger partial charge in [0.25, 0.3) is 0 Å². The molecule has 3 heteroatoms. The molecule has 0 N–H and O–H groups in total. The van der Waals surface area contributed by atoms with Crippen LogP contribution < -0.4 is 0 Å². The van der Waals surface area contributed by atoms with Crippen molar-refractivity contribution in [1.82, 2.24) is 9.36 Å². The molecule has 0 aromatic carbocycles. The summed E-state index contributed by atoms with van der Waals surface area (Å²) in [5.41, 5.74) is 0.277. The first-order valence-corrected chi connectivity index (χ1v) is 9.70. The lowest BCUT2D eigenvalue weighted by Crippen LogP contribution is -2.22. The maximum Gasteiger partial charge on any atom is 0.145 e. The minimum Gasteiger partial charge on any atom is -0.224 e. The van der Waals surface area contributed by atoms with Gasteiger partial charge in [-0.1, -0.05) is 59.3 Å². The van der Waals surface area contributed by atoms with Crippen molar-refractivity contribution in [2.75, 3.05) is 0 Å². The predicted octanol–water partition coefficient (Wildman–Crippen LogP) is 5.69. The van der Waals surface area contributed by atoms with Gasteiger partial charge in [-0.05, 0) is 42.6 Å². The maximum atomic E-state index is 4.89. The van der Waals surface area contributed by atoms with Crippen molar-refractivity contribution in [3.8, 4) is 0 Å². The molecule has 1 aromatic rings.